The van der Waals surface area contributed by atoms with Gasteiger partial charge < -0.3 is 4.90 Å². The standard InChI is InChI=1S/C15H15Cl2N3O3/c1-18(2)15-19(7-8-3-4-9(16)5-10(8)17)13(22)11-6-12(21)14(23)20(11)15/h3-5,11,15H,6-7H2,1-2H3/t11-,15?/m0/s1. The summed E-state index contributed by atoms with van der Waals surface area (Å²) in [5, 5.41) is 0.967. The number of hydrogen-bond acceptors (Lipinski definition) is 4. The van der Waals surface area contributed by atoms with Crippen LogP contribution in [-0.4, -0.2) is 58.7 Å². The molecule has 0 N–H and O–H groups in total. The second-order valence-corrected chi connectivity index (χ2v) is 6.71. The first-order valence-electron chi connectivity index (χ1n) is 7.07. The molecule has 0 saturated carbocycles. The third-order valence-corrected chi connectivity index (χ3v) is 4.69. The Hall–Kier alpha value is -1.63. The number of carbonyl (C=O) groups excluding carboxylic acids is 3. The third kappa shape index (κ3) is 2.60. The summed E-state index contributed by atoms with van der Waals surface area (Å²) in [6.45, 7) is 0.242. The lowest BCUT2D eigenvalue weighted by atomic mass is 10.1. The van der Waals surface area contributed by atoms with Gasteiger partial charge in [-0.05, 0) is 31.8 Å². The number of halogens is 2. The topological polar surface area (TPSA) is 60.9 Å². The maximum Gasteiger partial charge on any atom is 0.293 e. The Morgan fingerprint density at radius 2 is 1.91 bits per heavy atom. The number of benzene rings is 1. The highest BCUT2D eigenvalue weighted by Gasteiger charge is 2.55. The van der Waals surface area contributed by atoms with Crippen LogP contribution in [0.25, 0.3) is 0 Å². The van der Waals surface area contributed by atoms with Crippen molar-refractivity contribution < 1.29 is 14.4 Å². The Balaban J connectivity index is 1.94. The molecule has 2 heterocycles. The van der Waals surface area contributed by atoms with Crippen molar-refractivity contribution in [2.75, 3.05) is 14.1 Å². The summed E-state index contributed by atoms with van der Waals surface area (Å²) in [6.07, 6.45) is -0.662. The van der Waals surface area contributed by atoms with E-state index in [-0.39, 0.29) is 18.9 Å². The van der Waals surface area contributed by atoms with Crippen molar-refractivity contribution in [3.63, 3.8) is 0 Å². The van der Waals surface area contributed by atoms with Gasteiger partial charge in [-0.1, -0.05) is 29.3 Å². The van der Waals surface area contributed by atoms with Crippen molar-refractivity contribution in [1.82, 2.24) is 14.7 Å². The number of amides is 2. The van der Waals surface area contributed by atoms with Gasteiger partial charge in [0.15, 0.2) is 6.29 Å². The molecule has 2 amide bonds. The van der Waals surface area contributed by atoms with Crippen LogP contribution in [0.1, 0.15) is 12.0 Å². The van der Waals surface area contributed by atoms with Gasteiger partial charge in [0.05, 0.1) is 6.54 Å². The van der Waals surface area contributed by atoms with Crippen molar-refractivity contribution in [2.24, 2.45) is 0 Å². The van der Waals surface area contributed by atoms with Gasteiger partial charge >= 0.3 is 0 Å². The van der Waals surface area contributed by atoms with Crippen molar-refractivity contribution in [1.29, 1.82) is 0 Å². The molecule has 2 fully saturated rings. The Labute approximate surface area is 143 Å². The Morgan fingerprint density at radius 1 is 1.22 bits per heavy atom. The molecule has 23 heavy (non-hydrogen) atoms. The lowest BCUT2D eigenvalue weighted by Gasteiger charge is -2.33. The van der Waals surface area contributed by atoms with E-state index >= 15 is 0 Å². The molecule has 0 aliphatic carbocycles. The van der Waals surface area contributed by atoms with E-state index < -0.39 is 24.0 Å². The van der Waals surface area contributed by atoms with Crippen LogP contribution in [0.15, 0.2) is 18.2 Å². The summed E-state index contributed by atoms with van der Waals surface area (Å²) in [5.41, 5.74) is 0.733. The third-order valence-electron chi connectivity index (χ3n) is 4.10. The van der Waals surface area contributed by atoms with Gasteiger partial charge in [0, 0.05) is 16.5 Å². The van der Waals surface area contributed by atoms with E-state index in [2.05, 4.69) is 0 Å². The summed E-state index contributed by atoms with van der Waals surface area (Å²) in [6, 6.07) is 4.35. The Morgan fingerprint density at radius 3 is 2.52 bits per heavy atom. The average molecular weight is 356 g/mol. The summed E-state index contributed by atoms with van der Waals surface area (Å²) >= 11 is 12.1. The molecule has 8 heteroatoms. The summed E-state index contributed by atoms with van der Waals surface area (Å²) < 4.78 is 0. The number of carbonyl (C=O) groups is 3. The highest BCUT2D eigenvalue weighted by atomic mass is 35.5. The second-order valence-electron chi connectivity index (χ2n) is 5.87. The molecule has 2 saturated heterocycles. The van der Waals surface area contributed by atoms with Crippen LogP contribution < -0.4 is 0 Å². The first kappa shape index (κ1) is 16.2. The fraction of sp³-hybridized carbons (Fsp3) is 0.400. The normalized spacial score (nSPS) is 24.1. The molecular weight excluding hydrogens is 341 g/mol. The van der Waals surface area contributed by atoms with E-state index in [1.54, 1.807) is 42.1 Å². The fourth-order valence-electron chi connectivity index (χ4n) is 3.09. The molecule has 1 unspecified atom stereocenters. The number of fused-ring (bicyclic) bond motifs is 1. The highest BCUT2D eigenvalue weighted by Crippen LogP contribution is 2.33. The number of nitrogens with zero attached hydrogens (tertiary/aromatic N) is 3. The van der Waals surface area contributed by atoms with E-state index in [0.29, 0.717) is 10.0 Å². The molecule has 0 bridgehead atoms. The molecule has 2 aliphatic rings. The zero-order valence-electron chi connectivity index (χ0n) is 12.6. The van der Waals surface area contributed by atoms with Crippen molar-refractivity contribution in [2.45, 2.75) is 25.3 Å². The largest absolute Gasteiger partial charge is 0.303 e. The number of ketones is 1. The molecule has 122 valence electrons. The average Bonchev–Trinajstić information content (AvgIpc) is 2.90. The molecule has 0 aromatic heterocycles. The van der Waals surface area contributed by atoms with Crippen LogP contribution >= 0.6 is 23.2 Å². The van der Waals surface area contributed by atoms with Crippen LogP contribution in [0.2, 0.25) is 10.0 Å². The first-order chi connectivity index (χ1) is 10.8. The van der Waals surface area contributed by atoms with Crippen LogP contribution in [-0.2, 0) is 20.9 Å². The van der Waals surface area contributed by atoms with Gasteiger partial charge in [0.1, 0.15) is 6.04 Å². The van der Waals surface area contributed by atoms with E-state index in [0.717, 1.165) is 5.56 Å². The summed E-state index contributed by atoms with van der Waals surface area (Å²) in [5.74, 6) is -1.36. The molecule has 2 atom stereocenters. The van der Waals surface area contributed by atoms with Crippen molar-refractivity contribution >= 4 is 40.8 Å². The van der Waals surface area contributed by atoms with Crippen LogP contribution in [0.4, 0.5) is 0 Å². The zero-order valence-corrected chi connectivity index (χ0v) is 14.1. The minimum Gasteiger partial charge on any atom is -0.303 e. The molecule has 2 aliphatic heterocycles. The molecule has 6 nitrogen and oxygen atoms in total. The maximum absolute atomic E-state index is 12.7. The summed E-state index contributed by atoms with van der Waals surface area (Å²) in [4.78, 5) is 41.0. The molecule has 0 spiro atoms. The molecule has 1 aromatic carbocycles. The van der Waals surface area contributed by atoms with Gasteiger partial charge in [-0.3, -0.25) is 24.2 Å². The smallest absolute Gasteiger partial charge is 0.293 e. The van der Waals surface area contributed by atoms with Gasteiger partial charge in [0.2, 0.25) is 11.7 Å². The Bertz CT molecular complexity index is 707. The van der Waals surface area contributed by atoms with Gasteiger partial charge in [-0.25, -0.2) is 0 Å². The molecule has 3 rings (SSSR count). The number of Topliss-reactive ketones (excluding diaryl/α,β-unsaturated/α-hetero) is 1. The maximum atomic E-state index is 12.7. The predicted molar refractivity (Wildman–Crippen MR) is 84.7 cm³/mol. The monoisotopic (exact) mass is 355 g/mol. The predicted octanol–water partition coefficient (Wildman–Crippen LogP) is 1.35. The van der Waals surface area contributed by atoms with Crippen molar-refractivity contribution in [3.8, 4) is 0 Å². The molecule has 0 radical (unpaired) electrons. The first-order valence-corrected chi connectivity index (χ1v) is 7.83. The van der Waals surface area contributed by atoms with E-state index in [1.165, 1.54) is 4.90 Å². The van der Waals surface area contributed by atoms with Crippen molar-refractivity contribution in [3.05, 3.63) is 33.8 Å². The number of hydrogen-bond donors (Lipinski definition) is 0. The van der Waals surface area contributed by atoms with Crippen LogP contribution in [0.5, 0.6) is 0 Å². The van der Waals surface area contributed by atoms with E-state index in [9.17, 15) is 14.4 Å². The summed E-state index contributed by atoms with van der Waals surface area (Å²) in [7, 11) is 3.51. The SMILES string of the molecule is CN(C)C1N(Cc2ccc(Cl)cc2Cl)C(=O)[C@@H]2CC(=O)C(=O)N12. The van der Waals surface area contributed by atoms with Crippen LogP contribution in [0, 0.1) is 0 Å². The number of rotatable bonds is 3. The molecule has 1 aromatic rings. The van der Waals surface area contributed by atoms with Gasteiger partial charge in [0.25, 0.3) is 5.91 Å². The zero-order chi connectivity index (χ0) is 16.9. The van der Waals surface area contributed by atoms with Crippen LogP contribution in [0.3, 0.4) is 0 Å². The quantitative estimate of drug-likeness (QED) is 0.768. The van der Waals surface area contributed by atoms with Gasteiger partial charge in [-0.15, -0.1) is 0 Å². The minimum atomic E-state index is -0.714. The highest BCUT2D eigenvalue weighted by molar-refractivity contribution is 6.40. The van der Waals surface area contributed by atoms with E-state index in [4.69, 9.17) is 23.2 Å². The van der Waals surface area contributed by atoms with E-state index in [1.807, 2.05) is 0 Å². The molecular formula is C15H15Cl2N3O3. The Kier molecular flexibility index (Phi) is 4.08. The lowest BCUT2D eigenvalue weighted by molar-refractivity contribution is -0.146. The fourth-order valence-corrected chi connectivity index (χ4v) is 3.56. The van der Waals surface area contributed by atoms with Gasteiger partial charge in [-0.2, -0.15) is 0 Å². The minimum absolute atomic E-state index is 0.0626. The second kappa shape index (κ2) is 5.78. The lowest BCUT2D eigenvalue weighted by Crippen LogP contribution is -2.51.